The van der Waals surface area contributed by atoms with Gasteiger partial charge in [0.15, 0.2) is 0 Å². The molecule has 1 aromatic heterocycles. The Hall–Kier alpha value is -0.430. The number of aliphatic hydroxyl groups excluding tert-OH is 1. The van der Waals surface area contributed by atoms with E-state index < -0.39 is 6.10 Å². The van der Waals surface area contributed by atoms with E-state index in [1.807, 2.05) is 6.92 Å². The number of hydrogen-bond donors (Lipinski definition) is 1. The molecule has 2 heterocycles. The summed E-state index contributed by atoms with van der Waals surface area (Å²) in [5.74, 6) is 0. The highest BCUT2D eigenvalue weighted by molar-refractivity contribution is 9.10. The Labute approximate surface area is 115 Å². The molecule has 1 aromatic rings. The lowest BCUT2D eigenvalue weighted by atomic mass is 10.1. The summed E-state index contributed by atoms with van der Waals surface area (Å²) in [6.07, 6.45) is 3.00. The molecule has 1 saturated heterocycles. The first kappa shape index (κ1) is 14.0. The lowest BCUT2D eigenvalue weighted by Gasteiger charge is -2.20. The fourth-order valence-corrected chi connectivity index (χ4v) is 2.79. The van der Waals surface area contributed by atoms with Crippen molar-refractivity contribution in [3.63, 3.8) is 0 Å². The maximum absolute atomic E-state index is 10.4. The van der Waals surface area contributed by atoms with E-state index in [-0.39, 0.29) is 12.2 Å². The van der Waals surface area contributed by atoms with Gasteiger partial charge in [0, 0.05) is 7.11 Å². The van der Waals surface area contributed by atoms with E-state index >= 15 is 0 Å². The molecule has 0 amide bonds. The van der Waals surface area contributed by atoms with Crippen LogP contribution in [-0.2, 0) is 16.0 Å². The monoisotopic (exact) mass is 318 g/mol. The van der Waals surface area contributed by atoms with Crippen molar-refractivity contribution in [2.24, 2.45) is 0 Å². The lowest BCUT2D eigenvalue weighted by molar-refractivity contribution is -0.0338. The van der Waals surface area contributed by atoms with Gasteiger partial charge in [-0.2, -0.15) is 5.10 Å². The zero-order chi connectivity index (χ0) is 13.1. The van der Waals surface area contributed by atoms with Gasteiger partial charge in [-0.15, -0.1) is 0 Å². The van der Waals surface area contributed by atoms with E-state index in [9.17, 15) is 5.11 Å². The molecule has 0 aliphatic carbocycles. The van der Waals surface area contributed by atoms with Crippen LogP contribution in [0.1, 0.15) is 31.6 Å². The molecule has 0 aromatic carbocycles. The molecular weight excluding hydrogens is 300 g/mol. The minimum atomic E-state index is -0.649. The summed E-state index contributed by atoms with van der Waals surface area (Å²) in [6, 6.07) is 0. The normalized spacial score (nSPS) is 25.6. The van der Waals surface area contributed by atoms with Gasteiger partial charge in [0.25, 0.3) is 0 Å². The van der Waals surface area contributed by atoms with Crippen molar-refractivity contribution in [2.75, 3.05) is 13.7 Å². The molecule has 6 heteroatoms. The van der Waals surface area contributed by atoms with Crippen LogP contribution in [0.2, 0.25) is 0 Å². The van der Waals surface area contributed by atoms with Crippen LogP contribution in [0, 0.1) is 0 Å². The lowest BCUT2D eigenvalue weighted by Crippen LogP contribution is -2.23. The number of nitrogens with zero attached hydrogens (tertiary/aromatic N) is 2. The molecule has 1 N–H and O–H groups in total. The fraction of sp³-hybridized carbons (Fsp3) is 0.750. The number of halogens is 1. The summed E-state index contributed by atoms with van der Waals surface area (Å²) >= 11 is 3.43. The van der Waals surface area contributed by atoms with Crippen LogP contribution in [0.25, 0.3) is 0 Å². The van der Waals surface area contributed by atoms with Gasteiger partial charge >= 0.3 is 0 Å². The Morgan fingerprint density at radius 2 is 2.44 bits per heavy atom. The minimum absolute atomic E-state index is 0.144. The molecule has 0 spiro atoms. The number of aliphatic hydroxyl groups is 1. The molecule has 0 bridgehead atoms. The minimum Gasteiger partial charge on any atom is -0.384 e. The van der Waals surface area contributed by atoms with Crippen LogP contribution in [0.15, 0.2) is 10.7 Å². The van der Waals surface area contributed by atoms with Crippen LogP contribution in [0.3, 0.4) is 0 Å². The van der Waals surface area contributed by atoms with Crippen molar-refractivity contribution >= 4 is 15.9 Å². The van der Waals surface area contributed by atoms with Gasteiger partial charge in [-0.25, -0.2) is 0 Å². The predicted octanol–water partition coefficient (Wildman–Crippen LogP) is 1.89. The van der Waals surface area contributed by atoms with Gasteiger partial charge in [0.1, 0.15) is 6.10 Å². The van der Waals surface area contributed by atoms with Gasteiger partial charge in [0.05, 0.1) is 41.7 Å². The second kappa shape index (κ2) is 6.14. The topological polar surface area (TPSA) is 56.5 Å². The second-order valence-corrected chi connectivity index (χ2v) is 5.46. The zero-order valence-corrected chi connectivity index (χ0v) is 12.3. The van der Waals surface area contributed by atoms with Crippen molar-refractivity contribution in [1.82, 2.24) is 9.78 Å². The summed E-state index contributed by atoms with van der Waals surface area (Å²) in [5, 5.41) is 14.7. The largest absolute Gasteiger partial charge is 0.384 e. The molecule has 18 heavy (non-hydrogen) atoms. The van der Waals surface area contributed by atoms with Gasteiger partial charge < -0.3 is 14.6 Å². The Kier molecular flexibility index (Phi) is 4.77. The van der Waals surface area contributed by atoms with Gasteiger partial charge in [-0.1, -0.05) is 0 Å². The summed E-state index contributed by atoms with van der Waals surface area (Å²) in [4.78, 5) is 0. The molecule has 3 unspecified atom stereocenters. The SMILES string of the molecule is COCCn1ncc(Br)c1C(O)C1CCC(C)O1. The number of aromatic nitrogens is 2. The van der Waals surface area contributed by atoms with Crippen LogP contribution in [0.4, 0.5) is 0 Å². The molecule has 5 nitrogen and oxygen atoms in total. The van der Waals surface area contributed by atoms with Crippen LogP contribution < -0.4 is 0 Å². The van der Waals surface area contributed by atoms with Gasteiger partial charge in [-0.3, -0.25) is 4.68 Å². The first-order valence-electron chi connectivity index (χ1n) is 6.17. The zero-order valence-electron chi connectivity index (χ0n) is 10.7. The Morgan fingerprint density at radius 3 is 3.06 bits per heavy atom. The van der Waals surface area contributed by atoms with Gasteiger partial charge in [0.2, 0.25) is 0 Å². The predicted molar refractivity (Wildman–Crippen MR) is 70.3 cm³/mol. The van der Waals surface area contributed by atoms with Crippen molar-refractivity contribution in [2.45, 2.75) is 44.6 Å². The van der Waals surface area contributed by atoms with Gasteiger partial charge in [-0.05, 0) is 35.7 Å². The van der Waals surface area contributed by atoms with E-state index in [0.29, 0.717) is 13.2 Å². The third-order valence-corrected chi connectivity index (χ3v) is 3.85. The summed E-state index contributed by atoms with van der Waals surface area (Å²) in [7, 11) is 1.65. The third-order valence-electron chi connectivity index (χ3n) is 3.24. The number of hydrogen-bond acceptors (Lipinski definition) is 4. The highest BCUT2D eigenvalue weighted by Gasteiger charge is 2.32. The quantitative estimate of drug-likeness (QED) is 0.900. The standard InChI is InChI=1S/C12H19BrN2O3/c1-8-3-4-10(18-8)12(16)11-9(13)7-14-15(11)5-6-17-2/h7-8,10,12,16H,3-6H2,1-2H3. The van der Waals surface area contributed by atoms with E-state index in [2.05, 4.69) is 21.0 Å². The number of ether oxygens (including phenoxy) is 2. The van der Waals surface area contributed by atoms with E-state index in [0.717, 1.165) is 23.0 Å². The molecule has 0 saturated carbocycles. The smallest absolute Gasteiger partial charge is 0.123 e. The van der Waals surface area contributed by atoms with Crippen LogP contribution in [0.5, 0.6) is 0 Å². The highest BCUT2D eigenvalue weighted by Crippen LogP contribution is 2.33. The van der Waals surface area contributed by atoms with Crippen molar-refractivity contribution in [3.8, 4) is 0 Å². The summed E-state index contributed by atoms with van der Waals surface area (Å²) in [6.45, 7) is 3.22. The second-order valence-electron chi connectivity index (χ2n) is 4.60. The van der Waals surface area contributed by atoms with Crippen molar-refractivity contribution in [3.05, 3.63) is 16.4 Å². The first-order valence-corrected chi connectivity index (χ1v) is 6.96. The Bertz CT molecular complexity index is 397. The average Bonchev–Trinajstić information content (AvgIpc) is 2.92. The number of methoxy groups -OCH3 is 1. The average molecular weight is 319 g/mol. The fourth-order valence-electron chi connectivity index (χ4n) is 2.26. The number of rotatable bonds is 5. The molecule has 102 valence electrons. The van der Waals surface area contributed by atoms with Crippen molar-refractivity contribution in [1.29, 1.82) is 0 Å². The molecule has 2 rings (SSSR count). The van der Waals surface area contributed by atoms with Crippen molar-refractivity contribution < 1.29 is 14.6 Å². The van der Waals surface area contributed by atoms with Crippen LogP contribution >= 0.6 is 15.9 Å². The van der Waals surface area contributed by atoms with E-state index in [4.69, 9.17) is 9.47 Å². The maximum Gasteiger partial charge on any atom is 0.123 e. The van der Waals surface area contributed by atoms with E-state index in [1.54, 1.807) is 18.0 Å². The Morgan fingerprint density at radius 1 is 1.67 bits per heavy atom. The highest BCUT2D eigenvalue weighted by atomic mass is 79.9. The first-order chi connectivity index (χ1) is 8.63. The molecule has 3 atom stereocenters. The molecule has 1 fully saturated rings. The molecular formula is C12H19BrN2O3. The molecule has 1 aliphatic rings. The molecule has 0 radical (unpaired) electrons. The maximum atomic E-state index is 10.4. The molecule has 1 aliphatic heterocycles. The van der Waals surface area contributed by atoms with E-state index in [1.165, 1.54) is 0 Å². The Balaban J connectivity index is 2.13. The summed E-state index contributed by atoms with van der Waals surface area (Å²) in [5.41, 5.74) is 0.770. The third kappa shape index (κ3) is 2.93. The summed E-state index contributed by atoms with van der Waals surface area (Å²) < 4.78 is 13.3. The van der Waals surface area contributed by atoms with Crippen LogP contribution in [-0.4, -0.2) is 40.8 Å².